The zero-order chi connectivity index (χ0) is 28.0. The molecule has 0 bridgehead atoms. The number of anilines is 2. The van der Waals surface area contributed by atoms with Crippen LogP contribution in [0.2, 0.25) is 0 Å². The number of nitrogens with zero attached hydrogens (tertiary/aromatic N) is 6. The van der Waals surface area contributed by atoms with E-state index in [9.17, 15) is 19.2 Å². The number of H-pyrrole nitrogens is 1. The molecule has 0 aliphatic heterocycles. The highest BCUT2D eigenvalue weighted by Gasteiger charge is 2.21. The molecule has 0 radical (unpaired) electrons. The zero-order valence-electron chi connectivity index (χ0n) is 21.8. The van der Waals surface area contributed by atoms with Crippen LogP contribution in [0.4, 0.5) is 16.3 Å². The summed E-state index contributed by atoms with van der Waals surface area (Å²) < 4.78 is 1.36. The highest BCUT2D eigenvalue weighted by molar-refractivity contribution is 5.96. The molecule has 4 N–H and O–H groups in total. The summed E-state index contributed by atoms with van der Waals surface area (Å²) in [7, 11) is 6.90. The zero-order valence-corrected chi connectivity index (χ0v) is 21.8. The molecule has 3 heterocycles. The summed E-state index contributed by atoms with van der Waals surface area (Å²) in [5, 5.41) is 13.8. The number of aryl methyl sites for hydroxylation is 1. The number of pyridine rings is 1. The van der Waals surface area contributed by atoms with Gasteiger partial charge in [0.2, 0.25) is 11.8 Å². The number of fused-ring (bicyclic) bond motifs is 1. The van der Waals surface area contributed by atoms with Crippen molar-refractivity contribution in [3.05, 3.63) is 52.5 Å². The molecule has 0 saturated carbocycles. The molecule has 0 aliphatic rings. The van der Waals surface area contributed by atoms with Crippen LogP contribution >= 0.6 is 0 Å². The molecular formula is C24H31N9O5. The molecule has 0 spiro atoms. The Balaban J connectivity index is 1.77. The van der Waals surface area contributed by atoms with Crippen LogP contribution in [0.3, 0.4) is 0 Å². The van der Waals surface area contributed by atoms with E-state index < -0.39 is 23.6 Å². The van der Waals surface area contributed by atoms with Crippen molar-refractivity contribution in [2.45, 2.75) is 32.4 Å². The number of amides is 3. The van der Waals surface area contributed by atoms with E-state index in [1.165, 1.54) is 21.6 Å². The van der Waals surface area contributed by atoms with Gasteiger partial charge in [-0.15, -0.1) is 0 Å². The number of hydrogen-bond acceptors (Lipinski definition) is 8. The molecule has 1 atom stereocenters. The number of hydrogen-bond donors (Lipinski definition) is 4. The second-order valence-corrected chi connectivity index (χ2v) is 8.93. The molecule has 3 aromatic rings. The molecule has 0 aliphatic carbocycles. The van der Waals surface area contributed by atoms with Crippen molar-refractivity contribution in [1.82, 2.24) is 34.7 Å². The predicted octanol–water partition coefficient (Wildman–Crippen LogP) is 0.937. The second-order valence-electron chi connectivity index (χ2n) is 8.93. The van der Waals surface area contributed by atoms with Gasteiger partial charge in [0.05, 0.1) is 6.54 Å². The lowest BCUT2D eigenvalue weighted by Gasteiger charge is -2.16. The molecular weight excluding hydrogens is 494 g/mol. The van der Waals surface area contributed by atoms with Crippen LogP contribution in [0.5, 0.6) is 0 Å². The second kappa shape index (κ2) is 12.0. The van der Waals surface area contributed by atoms with Gasteiger partial charge in [0, 0.05) is 34.4 Å². The van der Waals surface area contributed by atoms with Gasteiger partial charge in [-0.2, -0.15) is 0 Å². The van der Waals surface area contributed by atoms with Gasteiger partial charge in [0.25, 0.3) is 5.56 Å². The number of nitrogens with one attached hydrogen (secondary N) is 3. The monoisotopic (exact) mass is 525 g/mol. The molecule has 0 unspecified atom stereocenters. The van der Waals surface area contributed by atoms with Crippen molar-refractivity contribution in [3.63, 3.8) is 0 Å². The maximum absolute atomic E-state index is 13.1. The third kappa shape index (κ3) is 6.93. The number of carbonyl (C=O) groups is 3. The van der Waals surface area contributed by atoms with E-state index in [0.717, 1.165) is 0 Å². The number of likely N-dealkylation sites (N-methyl/N-ethyl adjacent to an activating group) is 1. The van der Waals surface area contributed by atoms with Crippen LogP contribution in [-0.4, -0.2) is 86.6 Å². The number of carboxylic acid groups (broad SMARTS) is 1. The van der Waals surface area contributed by atoms with Gasteiger partial charge in [-0.1, -0.05) is 6.08 Å². The van der Waals surface area contributed by atoms with Gasteiger partial charge in [-0.05, 0) is 38.0 Å². The van der Waals surface area contributed by atoms with E-state index in [2.05, 4.69) is 30.6 Å². The maximum atomic E-state index is 13.1. The summed E-state index contributed by atoms with van der Waals surface area (Å²) in [6.07, 6.45) is 3.42. The number of imidazole rings is 1. The highest BCUT2D eigenvalue weighted by atomic mass is 16.4. The minimum atomic E-state index is -1.38. The molecule has 38 heavy (non-hydrogen) atoms. The van der Waals surface area contributed by atoms with E-state index in [0.29, 0.717) is 28.6 Å². The fraction of sp³-hybridized carbons (Fsp3) is 0.375. The average Bonchev–Trinajstić information content (AvgIpc) is 3.24. The lowest BCUT2D eigenvalue weighted by Crippen LogP contribution is -2.44. The van der Waals surface area contributed by atoms with Crippen LogP contribution in [-0.2, 0) is 16.1 Å². The standard InChI is InChI=1S/C24H31N9O5/c1-14-25-20-19(21(26-14)32(4)5)29-17(30-20)13-33-12-8-10-16(23(33)36)27-22(35)15(28-24(37)38)9-6-7-11-18(34)31(2)3/h7-8,10-12,15,28H,6,9,13H2,1-5H3,(H,27,35)(H,37,38)(H,25,26,29,30)/b11-7+/t15-/m0/s1. The minimum Gasteiger partial charge on any atom is -0.465 e. The lowest BCUT2D eigenvalue weighted by atomic mass is 10.1. The quantitative estimate of drug-likeness (QED) is 0.280. The van der Waals surface area contributed by atoms with Crippen LogP contribution < -0.4 is 21.1 Å². The Morgan fingerprint density at radius 2 is 1.92 bits per heavy atom. The largest absolute Gasteiger partial charge is 0.465 e. The van der Waals surface area contributed by atoms with E-state index >= 15 is 0 Å². The Labute approximate surface area is 218 Å². The SMILES string of the molecule is Cc1nc(N(C)C)c2nc(Cn3cccc(NC(=O)[C@H](CC/C=C/C(=O)N(C)C)NC(=O)O)c3=O)[nH]c2n1. The van der Waals surface area contributed by atoms with Crippen molar-refractivity contribution < 1.29 is 19.5 Å². The fourth-order valence-corrected chi connectivity index (χ4v) is 3.58. The van der Waals surface area contributed by atoms with Crippen LogP contribution in [0.1, 0.15) is 24.5 Å². The molecule has 3 rings (SSSR count). The van der Waals surface area contributed by atoms with Crippen molar-refractivity contribution >= 4 is 40.6 Å². The fourth-order valence-electron chi connectivity index (χ4n) is 3.58. The summed E-state index contributed by atoms with van der Waals surface area (Å²) in [5.74, 6) is 0.758. The molecule has 3 aromatic heterocycles. The van der Waals surface area contributed by atoms with Gasteiger partial charge < -0.3 is 35.1 Å². The van der Waals surface area contributed by atoms with Crippen LogP contribution in [0.25, 0.3) is 11.2 Å². The van der Waals surface area contributed by atoms with Crippen molar-refractivity contribution in [1.29, 1.82) is 0 Å². The Kier molecular flexibility index (Phi) is 8.78. The summed E-state index contributed by atoms with van der Waals surface area (Å²) in [6.45, 7) is 1.85. The van der Waals surface area contributed by atoms with Crippen molar-refractivity contribution in [2.75, 3.05) is 38.4 Å². The molecule has 202 valence electrons. The van der Waals surface area contributed by atoms with Gasteiger partial charge in [0.1, 0.15) is 23.4 Å². The Morgan fingerprint density at radius 3 is 2.58 bits per heavy atom. The maximum Gasteiger partial charge on any atom is 0.405 e. The van der Waals surface area contributed by atoms with E-state index in [-0.39, 0.29) is 31.0 Å². The number of aromatic nitrogens is 5. The molecule has 3 amide bonds. The summed E-state index contributed by atoms with van der Waals surface area (Å²) in [4.78, 5) is 68.4. The van der Waals surface area contributed by atoms with Gasteiger partial charge >= 0.3 is 6.09 Å². The van der Waals surface area contributed by atoms with E-state index in [1.54, 1.807) is 39.4 Å². The van der Waals surface area contributed by atoms with Crippen LogP contribution in [0, 0.1) is 6.92 Å². The molecule has 0 fully saturated rings. The first-order valence-electron chi connectivity index (χ1n) is 11.7. The number of aromatic amines is 1. The Morgan fingerprint density at radius 1 is 1.18 bits per heavy atom. The third-order valence-electron chi connectivity index (χ3n) is 5.45. The molecule has 14 heteroatoms. The van der Waals surface area contributed by atoms with Crippen molar-refractivity contribution in [3.8, 4) is 0 Å². The number of carbonyl (C=O) groups excluding carboxylic acids is 2. The molecule has 0 aromatic carbocycles. The number of allylic oxidation sites excluding steroid dienone is 1. The van der Waals surface area contributed by atoms with E-state index in [4.69, 9.17) is 5.11 Å². The first-order chi connectivity index (χ1) is 18.0. The minimum absolute atomic E-state index is 0.0197. The third-order valence-corrected chi connectivity index (χ3v) is 5.45. The Hall–Kier alpha value is -4.75. The molecule has 0 saturated heterocycles. The normalized spacial score (nSPS) is 11.9. The Bertz CT molecular complexity index is 1420. The van der Waals surface area contributed by atoms with E-state index in [1.807, 2.05) is 19.0 Å². The first kappa shape index (κ1) is 27.8. The van der Waals surface area contributed by atoms with Gasteiger partial charge in [-0.3, -0.25) is 14.4 Å². The molecule has 14 nitrogen and oxygen atoms in total. The first-order valence-corrected chi connectivity index (χ1v) is 11.7. The topological polar surface area (TPSA) is 178 Å². The van der Waals surface area contributed by atoms with Gasteiger partial charge in [-0.25, -0.2) is 19.7 Å². The summed E-state index contributed by atoms with van der Waals surface area (Å²) in [5.41, 5.74) is 0.588. The highest BCUT2D eigenvalue weighted by Crippen LogP contribution is 2.20. The summed E-state index contributed by atoms with van der Waals surface area (Å²) >= 11 is 0. The smallest absolute Gasteiger partial charge is 0.405 e. The van der Waals surface area contributed by atoms with Crippen molar-refractivity contribution in [2.24, 2.45) is 0 Å². The lowest BCUT2D eigenvalue weighted by molar-refractivity contribution is -0.123. The van der Waals surface area contributed by atoms with Gasteiger partial charge in [0.15, 0.2) is 17.0 Å². The average molecular weight is 526 g/mol. The summed E-state index contributed by atoms with van der Waals surface area (Å²) in [6, 6.07) is 1.88. The van der Waals surface area contributed by atoms with Crippen LogP contribution in [0.15, 0.2) is 35.3 Å². The number of rotatable bonds is 10. The predicted molar refractivity (Wildman–Crippen MR) is 141 cm³/mol.